The minimum atomic E-state index is -0.272. The highest BCUT2D eigenvalue weighted by Crippen LogP contribution is 2.35. The Hall–Kier alpha value is -0.770. The summed E-state index contributed by atoms with van der Waals surface area (Å²) in [6, 6.07) is 0. The first-order valence-corrected chi connectivity index (χ1v) is 6.75. The molecule has 1 aromatic rings. The van der Waals surface area contributed by atoms with E-state index in [1.54, 1.807) is 0 Å². The molecule has 4 heteroatoms. The summed E-state index contributed by atoms with van der Waals surface area (Å²) >= 11 is 3.55. The lowest BCUT2D eigenvalue weighted by molar-refractivity contribution is 0.0599. The molecule has 0 bridgehead atoms. The number of ether oxygens (including phenoxy) is 1. The summed E-state index contributed by atoms with van der Waals surface area (Å²) in [7, 11) is 1.42. The van der Waals surface area contributed by atoms with Crippen LogP contribution in [0.25, 0.3) is 0 Å². The molecule has 1 rings (SSSR count). The zero-order valence-corrected chi connectivity index (χ0v) is 12.7. The van der Waals surface area contributed by atoms with Crippen LogP contribution < -0.4 is 0 Å². The molecule has 0 aliphatic rings. The van der Waals surface area contributed by atoms with E-state index in [-0.39, 0.29) is 5.97 Å². The fourth-order valence-electron chi connectivity index (χ4n) is 2.14. The first kappa shape index (κ1) is 14.3. The van der Waals surface area contributed by atoms with Crippen molar-refractivity contribution in [3.63, 3.8) is 0 Å². The minimum absolute atomic E-state index is 0.272. The Morgan fingerprint density at radius 2 is 2.06 bits per heavy atom. The molecule has 0 aromatic carbocycles. The van der Waals surface area contributed by atoms with Crippen LogP contribution in [0.5, 0.6) is 0 Å². The number of esters is 1. The molecule has 0 N–H and O–H groups in total. The van der Waals surface area contributed by atoms with Gasteiger partial charge in [0, 0.05) is 17.9 Å². The standard InChI is InChI=1S/C13H20BrNO2/c1-6-8(3)12-11(14)10(13(16)17-5)9(4)15(12)7-2/h8H,6-7H2,1-5H3. The molecule has 0 fully saturated rings. The summed E-state index contributed by atoms with van der Waals surface area (Å²) in [5, 5.41) is 0. The van der Waals surface area contributed by atoms with Gasteiger partial charge in [-0.15, -0.1) is 0 Å². The number of hydrogen-bond donors (Lipinski definition) is 0. The van der Waals surface area contributed by atoms with E-state index in [9.17, 15) is 4.79 Å². The molecule has 0 spiro atoms. The highest BCUT2D eigenvalue weighted by atomic mass is 79.9. The van der Waals surface area contributed by atoms with E-state index < -0.39 is 0 Å². The SMILES string of the molecule is CCC(C)c1c(Br)c(C(=O)OC)c(C)n1CC. The van der Waals surface area contributed by atoms with Crippen LogP contribution in [0.1, 0.15) is 54.9 Å². The summed E-state index contributed by atoms with van der Waals surface area (Å²) in [5.74, 6) is 0.146. The smallest absolute Gasteiger partial charge is 0.340 e. The molecule has 1 atom stereocenters. The molecule has 1 unspecified atom stereocenters. The first-order valence-electron chi connectivity index (χ1n) is 5.96. The molecular formula is C13H20BrNO2. The third kappa shape index (κ3) is 2.41. The summed E-state index contributed by atoms with van der Waals surface area (Å²) in [6.45, 7) is 9.24. The third-order valence-corrected chi connectivity index (χ3v) is 4.09. The van der Waals surface area contributed by atoms with E-state index in [0.29, 0.717) is 11.5 Å². The monoisotopic (exact) mass is 301 g/mol. The van der Waals surface area contributed by atoms with Crippen molar-refractivity contribution < 1.29 is 9.53 Å². The molecule has 0 aliphatic carbocycles. The van der Waals surface area contributed by atoms with Crippen LogP contribution in [0, 0.1) is 6.92 Å². The number of carbonyl (C=O) groups excluding carboxylic acids is 1. The van der Waals surface area contributed by atoms with Crippen molar-refractivity contribution in [3.8, 4) is 0 Å². The summed E-state index contributed by atoms with van der Waals surface area (Å²) in [5.41, 5.74) is 2.82. The molecule has 0 amide bonds. The molecule has 0 saturated heterocycles. The van der Waals surface area contributed by atoms with Gasteiger partial charge in [0.15, 0.2) is 0 Å². The van der Waals surface area contributed by atoms with Crippen LogP contribution in [0.3, 0.4) is 0 Å². The lowest BCUT2D eigenvalue weighted by atomic mass is 10.0. The maximum absolute atomic E-state index is 11.8. The molecule has 0 radical (unpaired) electrons. The molecule has 3 nitrogen and oxygen atoms in total. The molecule has 96 valence electrons. The summed E-state index contributed by atoms with van der Waals surface area (Å²) in [4.78, 5) is 11.8. The van der Waals surface area contributed by atoms with Gasteiger partial charge in [-0.3, -0.25) is 0 Å². The Bertz CT molecular complexity index is 424. The number of methoxy groups -OCH3 is 1. The summed E-state index contributed by atoms with van der Waals surface area (Å²) in [6.07, 6.45) is 1.04. The van der Waals surface area contributed by atoms with Crippen molar-refractivity contribution >= 4 is 21.9 Å². The van der Waals surface area contributed by atoms with E-state index >= 15 is 0 Å². The highest BCUT2D eigenvalue weighted by Gasteiger charge is 2.25. The van der Waals surface area contributed by atoms with E-state index in [1.165, 1.54) is 12.8 Å². The van der Waals surface area contributed by atoms with Gasteiger partial charge in [-0.2, -0.15) is 0 Å². The van der Waals surface area contributed by atoms with Crippen LogP contribution in [-0.2, 0) is 11.3 Å². The van der Waals surface area contributed by atoms with E-state index in [0.717, 1.165) is 23.1 Å². The van der Waals surface area contributed by atoms with Crippen molar-refractivity contribution in [1.29, 1.82) is 0 Å². The zero-order valence-electron chi connectivity index (χ0n) is 11.1. The van der Waals surface area contributed by atoms with Crippen molar-refractivity contribution in [2.45, 2.75) is 46.6 Å². The second-order valence-electron chi connectivity index (χ2n) is 4.20. The number of rotatable bonds is 4. The molecule has 0 aliphatic heterocycles. The fourth-order valence-corrected chi connectivity index (χ4v) is 3.20. The van der Waals surface area contributed by atoms with E-state index in [4.69, 9.17) is 4.74 Å². The first-order chi connectivity index (χ1) is 7.99. The second kappa shape index (κ2) is 5.71. The van der Waals surface area contributed by atoms with Gasteiger partial charge < -0.3 is 9.30 Å². The quantitative estimate of drug-likeness (QED) is 0.790. The summed E-state index contributed by atoms with van der Waals surface area (Å²) < 4.78 is 7.91. The topological polar surface area (TPSA) is 31.2 Å². The Kier molecular flexibility index (Phi) is 4.80. The van der Waals surface area contributed by atoms with Gasteiger partial charge in [0.05, 0.1) is 17.1 Å². The van der Waals surface area contributed by atoms with Gasteiger partial charge in [0.2, 0.25) is 0 Å². The third-order valence-electron chi connectivity index (χ3n) is 3.29. The number of carbonyl (C=O) groups is 1. The number of nitrogens with zero attached hydrogens (tertiary/aromatic N) is 1. The van der Waals surface area contributed by atoms with Crippen molar-refractivity contribution in [2.24, 2.45) is 0 Å². The van der Waals surface area contributed by atoms with Crippen LogP contribution in [-0.4, -0.2) is 17.6 Å². The Morgan fingerprint density at radius 3 is 2.47 bits per heavy atom. The van der Waals surface area contributed by atoms with Gasteiger partial charge in [-0.25, -0.2) is 4.79 Å². The van der Waals surface area contributed by atoms with E-state index in [2.05, 4.69) is 41.3 Å². The number of halogens is 1. The number of aromatic nitrogens is 1. The normalized spacial score (nSPS) is 12.6. The molecular weight excluding hydrogens is 282 g/mol. The van der Waals surface area contributed by atoms with Gasteiger partial charge in [-0.1, -0.05) is 13.8 Å². The molecule has 17 heavy (non-hydrogen) atoms. The lowest BCUT2D eigenvalue weighted by Crippen LogP contribution is -2.06. The maximum Gasteiger partial charge on any atom is 0.340 e. The second-order valence-corrected chi connectivity index (χ2v) is 5.00. The average molecular weight is 302 g/mol. The van der Waals surface area contributed by atoms with Gasteiger partial charge >= 0.3 is 5.97 Å². The predicted octanol–water partition coefficient (Wildman–Crippen LogP) is 3.88. The van der Waals surface area contributed by atoms with Gasteiger partial charge in [0.25, 0.3) is 0 Å². The average Bonchev–Trinajstić information content (AvgIpc) is 2.58. The Balaban J connectivity index is 3.45. The predicted molar refractivity (Wildman–Crippen MR) is 72.6 cm³/mol. The van der Waals surface area contributed by atoms with Crippen LogP contribution >= 0.6 is 15.9 Å². The molecule has 1 aromatic heterocycles. The molecule has 1 heterocycles. The molecule has 0 saturated carbocycles. The van der Waals surface area contributed by atoms with Crippen molar-refractivity contribution in [2.75, 3.05) is 7.11 Å². The highest BCUT2D eigenvalue weighted by molar-refractivity contribution is 9.10. The minimum Gasteiger partial charge on any atom is -0.465 e. The van der Waals surface area contributed by atoms with Crippen molar-refractivity contribution in [1.82, 2.24) is 4.57 Å². The Labute approximate surface area is 111 Å². The van der Waals surface area contributed by atoms with E-state index in [1.807, 2.05) is 6.92 Å². The zero-order chi connectivity index (χ0) is 13.2. The van der Waals surface area contributed by atoms with Crippen LogP contribution in [0.4, 0.5) is 0 Å². The number of hydrogen-bond acceptors (Lipinski definition) is 2. The van der Waals surface area contributed by atoms with Crippen LogP contribution in [0.2, 0.25) is 0 Å². The fraction of sp³-hybridized carbons (Fsp3) is 0.615. The maximum atomic E-state index is 11.8. The van der Waals surface area contributed by atoms with Crippen molar-refractivity contribution in [3.05, 3.63) is 21.4 Å². The van der Waals surface area contributed by atoms with Gasteiger partial charge in [0.1, 0.15) is 0 Å². The van der Waals surface area contributed by atoms with Crippen LogP contribution in [0.15, 0.2) is 4.47 Å². The lowest BCUT2D eigenvalue weighted by Gasteiger charge is -2.14. The largest absolute Gasteiger partial charge is 0.465 e. The Morgan fingerprint density at radius 1 is 1.47 bits per heavy atom. The van der Waals surface area contributed by atoms with Gasteiger partial charge in [-0.05, 0) is 42.1 Å².